The van der Waals surface area contributed by atoms with E-state index in [9.17, 15) is 9.59 Å². The van der Waals surface area contributed by atoms with Gasteiger partial charge in [-0.15, -0.1) is 0 Å². The lowest BCUT2D eigenvalue weighted by Gasteiger charge is -2.23. The van der Waals surface area contributed by atoms with Gasteiger partial charge in [0.2, 0.25) is 5.91 Å². The zero-order chi connectivity index (χ0) is 29.4. The average molecular weight is 575 g/mol. The Morgan fingerprint density at radius 1 is 0.810 bits per heavy atom. The Hall–Kier alpha value is -4.65. The summed E-state index contributed by atoms with van der Waals surface area (Å²) in [5, 5.41) is 0.309. The summed E-state index contributed by atoms with van der Waals surface area (Å²) in [6, 6.07) is 32.8. The summed E-state index contributed by atoms with van der Waals surface area (Å²) < 4.78 is 2.29. The van der Waals surface area contributed by atoms with Crippen LogP contribution in [0.4, 0.5) is 5.69 Å². The molecular weight excluding hydrogens is 544 g/mol. The summed E-state index contributed by atoms with van der Waals surface area (Å²) in [5.74, 6) is -0.713. The molecule has 0 radical (unpaired) electrons. The monoisotopic (exact) mass is 574 g/mol. The molecule has 0 saturated carbocycles. The summed E-state index contributed by atoms with van der Waals surface area (Å²) in [5.41, 5.74) is 13.9. The van der Waals surface area contributed by atoms with E-state index < -0.39 is 5.91 Å². The van der Waals surface area contributed by atoms with Crippen molar-refractivity contribution in [1.82, 2.24) is 9.47 Å². The molecule has 0 fully saturated rings. The normalized spacial score (nSPS) is 12.5. The summed E-state index contributed by atoms with van der Waals surface area (Å²) >= 11 is 6.84. The van der Waals surface area contributed by atoms with Crippen molar-refractivity contribution in [2.75, 3.05) is 19.0 Å². The minimum atomic E-state index is -0.529. The second kappa shape index (κ2) is 11.3. The van der Waals surface area contributed by atoms with Crippen molar-refractivity contribution in [2.45, 2.75) is 19.6 Å². The number of carbonyl (C=O) groups is 2. The lowest BCUT2D eigenvalue weighted by Crippen LogP contribution is -2.30. The first kappa shape index (κ1) is 27.5. The number of amides is 2. The fraction of sp³-hybridized carbons (Fsp3) is 0.143. The smallest absolute Gasteiger partial charge is 0.260 e. The number of nitrogens with zero attached hydrogens (tertiary/aromatic N) is 3. The first-order valence-corrected chi connectivity index (χ1v) is 14.2. The summed E-state index contributed by atoms with van der Waals surface area (Å²) in [6.07, 6.45) is 0. The number of benzene rings is 4. The lowest BCUT2D eigenvalue weighted by atomic mass is 9.91. The number of halogens is 1. The molecule has 0 aliphatic carbocycles. The summed E-state index contributed by atoms with van der Waals surface area (Å²) in [4.78, 5) is 30.8. The van der Waals surface area contributed by atoms with Gasteiger partial charge in [-0.1, -0.05) is 84.4 Å². The van der Waals surface area contributed by atoms with Gasteiger partial charge in [-0.3, -0.25) is 9.59 Å². The van der Waals surface area contributed by atoms with Gasteiger partial charge < -0.3 is 20.1 Å². The van der Waals surface area contributed by atoms with Crippen LogP contribution in [0.5, 0.6) is 0 Å². The number of fused-ring (bicyclic) bond motifs is 2. The third-order valence-electron chi connectivity index (χ3n) is 7.72. The molecule has 2 N–H and O–H groups in total. The van der Waals surface area contributed by atoms with Crippen LogP contribution in [0.1, 0.15) is 37.7 Å². The van der Waals surface area contributed by atoms with Crippen LogP contribution < -0.4 is 10.6 Å². The number of primary amides is 1. The molecule has 1 aliphatic rings. The minimum Gasteiger partial charge on any atom is -0.366 e. The van der Waals surface area contributed by atoms with Crippen molar-refractivity contribution >= 4 is 29.1 Å². The highest BCUT2D eigenvalue weighted by Gasteiger charge is 2.28. The van der Waals surface area contributed by atoms with Crippen molar-refractivity contribution in [1.29, 1.82) is 0 Å². The number of rotatable bonds is 6. The van der Waals surface area contributed by atoms with E-state index in [1.807, 2.05) is 72.8 Å². The fourth-order valence-corrected chi connectivity index (χ4v) is 6.05. The van der Waals surface area contributed by atoms with Crippen molar-refractivity contribution < 1.29 is 9.59 Å². The molecule has 210 valence electrons. The number of aromatic nitrogens is 1. The molecule has 6 rings (SSSR count). The largest absolute Gasteiger partial charge is 0.366 e. The standard InChI is InChI=1S/C35H31ClN4O2/c1-38(2)21-26-16-17-27-22-40(32-14-7-6-11-25(32)20-39(26)27)35(42)30-18-15-24(19-31(30)36)29-13-8-12-28(33(29)34(37)41)23-9-4-3-5-10-23/h3-19H,20-22H2,1-2H3,(H2,37,41). The third-order valence-corrected chi connectivity index (χ3v) is 8.03. The van der Waals surface area contributed by atoms with Gasteiger partial charge in [-0.25, -0.2) is 0 Å². The molecule has 0 atom stereocenters. The molecule has 0 bridgehead atoms. The zero-order valence-electron chi connectivity index (χ0n) is 23.5. The van der Waals surface area contributed by atoms with Gasteiger partial charge in [0.05, 0.1) is 22.7 Å². The molecule has 1 aliphatic heterocycles. The van der Waals surface area contributed by atoms with Crippen LogP contribution in [0.2, 0.25) is 5.02 Å². The number of hydrogen-bond donors (Lipinski definition) is 1. The molecule has 1 aromatic heterocycles. The Morgan fingerprint density at radius 3 is 2.24 bits per heavy atom. The Bertz CT molecular complexity index is 1810. The van der Waals surface area contributed by atoms with Crippen LogP contribution in [0.3, 0.4) is 0 Å². The Morgan fingerprint density at radius 2 is 1.52 bits per heavy atom. The number of carbonyl (C=O) groups excluding carboxylic acids is 2. The summed E-state index contributed by atoms with van der Waals surface area (Å²) in [7, 11) is 4.10. The second-order valence-electron chi connectivity index (χ2n) is 10.8. The van der Waals surface area contributed by atoms with E-state index in [4.69, 9.17) is 17.3 Å². The van der Waals surface area contributed by atoms with E-state index in [1.165, 1.54) is 5.69 Å². The molecule has 2 amide bonds. The average Bonchev–Trinajstić information content (AvgIpc) is 3.26. The predicted octanol–water partition coefficient (Wildman–Crippen LogP) is 6.84. The second-order valence-corrected chi connectivity index (χ2v) is 11.2. The Labute approximate surface area is 250 Å². The fourth-order valence-electron chi connectivity index (χ4n) is 5.78. The van der Waals surface area contributed by atoms with E-state index in [2.05, 4.69) is 41.8 Å². The first-order valence-electron chi connectivity index (χ1n) is 13.8. The van der Waals surface area contributed by atoms with E-state index in [0.717, 1.165) is 34.6 Å². The molecular formula is C35H31ClN4O2. The highest BCUT2D eigenvalue weighted by Crippen LogP contribution is 2.36. The molecule has 4 aromatic carbocycles. The predicted molar refractivity (Wildman–Crippen MR) is 169 cm³/mol. The third kappa shape index (κ3) is 5.11. The van der Waals surface area contributed by atoms with Gasteiger partial charge in [0.15, 0.2) is 0 Å². The van der Waals surface area contributed by atoms with Crippen molar-refractivity contribution in [3.05, 3.63) is 136 Å². The van der Waals surface area contributed by atoms with E-state index in [1.54, 1.807) is 17.0 Å². The Kier molecular flexibility index (Phi) is 7.42. The molecule has 0 unspecified atom stereocenters. The van der Waals surface area contributed by atoms with Crippen LogP contribution in [-0.4, -0.2) is 35.4 Å². The number of nitrogens with two attached hydrogens (primary N) is 1. The van der Waals surface area contributed by atoms with Crippen LogP contribution in [0.25, 0.3) is 22.3 Å². The van der Waals surface area contributed by atoms with Gasteiger partial charge in [-0.05, 0) is 72.2 Å². The minimum absolute atomic E-state index is 0.184. The molecule has 7 heteroatoms. The van der Waals surface area contributed by atoms with Crippen LogP contribution >= 0.6 is 11.6 Å². The highest BCUT2D eigenvalue weighted by atomic mass is 35.5. The Balaban J connectivity index is 1.39. The molecule has 42 heavy (non-hydrogen) atoms. The van der Waals surface area contributed by atoms with Crippen molar-refractivity contribution in [3.8, 4) is 22.3 Å². The summed E-state index contributed by atoms with van der Waals surface area (Å²) in [6.45, 7) is 1.92. The van der Waals surface area contributed by atoms with Gasteiger partial charge in [0, 0.05) is 30.2 Å². The highest BCUT2D eigenvalue weighted by molar-refractivity contribution is 6.35. The first-order chi connectivity index (χ1) is 20.3. The number of para-hydroxylation sites is 1. The van der Waals surface area contributed by atoms with Crippen LogP contribution in [0, 0.1) is 0 Å². The van der Waals surface area contributed by atoms with E-state index in [-0.39, 0.29) is 5.91 Å². The molecule has 0 spiro atoms. The van der Waals surface area contributed by atoms with Gasteiger partial charge in [0.25, 0.3) is 5.91 Å². The molecule has 0 saturated heterocycles. The molecule has 6 nitrogen and oxygen atoms in total. The molecule has 2 heterocycles. The topological polar surface area (TPSA) is 71.6 Å². The SMILES string of the molecule is CN(C)Cc1ccc2n1Cc1ccccc1N(C(=O)c1ccc(-c3cccc(-c4ccccc4)c3C(N)=O)cc1Cl)C2. The maximum Gasteiger partial charge on any atom is 0.260 e. The van der Waals surface area contributed by atoms with E-state index in [0.29, 0.717) is 40.4 Å². The van der Waals surface area contributed by atoms with Crippen LogP contribution in [-0.2, 0) is 19.6 Å². The van der Waals surface area contributed by atoms with Crippen molar-refractivity contribution in [3.63, 3.8) is 0 Å². The maximum atomic E-state index is 14.1. The van der Waals surface area contributed by atoms with E-state index >= 15 is 0 Å². The van der Waals surface area contributed by atoms with Gasteiger partial charge >= 0.3 is 0 Å². The van der Waals surface area contributed by atoms with Gasteiger partial charge in [0.1, 0.15) is 0 Å². The number of hydrogen-bond acceptors (Lipinski definition) is 3. The van der Waals surface area contributed by atoms with Crippen LogP contribution in [0.15, 0.2) is 103 Å². The number of anilines is 1. The van der Waals surface area contributed by atoms with Gasteiger partial charge in [-0.2, -0.15) is 0 Å². The lowest BCUT2D eigenvalue weighted by molar-refractivity contribution is 0.0981. The molecule has 5 aromatic rings. The maximum absolute atomic E-state index is 14.1. The zero-order valence-corrected chi connectivity index (χ0v) is 24.3. The quantitative estimate of drug-likeness (QED) is 0.241. The van der Waals surface area contributed by atoms with Crippen molar-refractivity contribution in [2.24, 2.45) is 5.73 Å².